The van der Waals surface area contributed by atoms with Crippen LogP contribution < -0.4 is 4.74 Å². The van der Waals surface area contributed by atoms with E-state index in [0.717, 1.165) is 64.6 Å². The van der Waals surface area contributed by atoms with Gasteiger partial charge >= 0.3 is 21.1 Å². The molecule has 0 aliphatic heterocycles. The van der Waals surface area contributed by atoms with Crippen LogP contribution in [-0.2, 0) is 46.7 Å². The first kappa shape index (κ1) is 39.2. The van der Waals surface area contributed by atoms with Crippen molar-refractivity contribution in [3.63, 3.8) is 0 Å². The van der Waals surface area contributed by atoms with Gasteiger partial charge in [0.1, 0.15) is 5.82 Å². The summed E-state index contributed by atoms with van der Waals surface area (Å²) in [4.78, 5) is 4.84. The van der Waals surface area contributed by atoms with Gasteiger partial charge in [-0.2, -0.15) is 16.7 Å². The Bertz CT molecular complexity index is 2330. The number of nitrogens with zero attached hydrogens (tertiary/aromatic N) is 4. The summed E-state index contributed by atoms with van der Waals surface area (Å²) in [5.41, 5.74) is 10.6. The molecule has 0 atom stereocenters. The summed E-state index contributed by atoms with van der Waals surface area (Å²) in [5.74, 6) is 4.31. The maximum atomic E-state index is 6.67. The smallest absolute Gasteiger partial charge is 0.509 e. The van der Waals surface area contributed by atoms with Gasteiger partial charge in [0.2, 0.25) is 0 Å². The van der Waals surface area contributed by atoms with Crippen molar-refractivity contribution < 1.29 is 25.8 Å². The molecule has 7 rings (SSSR count). The van der Waals surface area contributed by atoms with Gasteiger partial charge in [-0.15, -0.1) is 35.7 Å². The molecule has 5 nitrogen and oxygen atoms in total. The van der Waals surface area contributed by atoms with Crippen LogP contribution in [0.4, 0.5) is 0 Å². The molecule has 4 aromatic carbocycles. The monoisotopic (exact) mass is 895 g/mol. The van der Waals surface area contributed by atoms with Crippen LogP contribution in [0.2, 0.25) is 0 Å². The van der Waals surface area contributed by atoms with Crippen molar-refractivity contribution in [1.82, 2.24) is 19.3 Å². The topological polar surface area (TPSA) is 44.9 Å². The van der Waals surface area contributed by atoms with Crippen LogP contribution in [0, 0.1) is 35.8 Å². The fraction of sp³-hybridized carbons (Fsp3) is 0.333. The minimum atomic E-state index is 0. The van der Waals surface area contributed by atoms with Gasteiger partial charge in [-0.1, -0.05) is 97.3 Å². The van der Waals surface area contributed by atoms with Crippen LogP contribution in [0.3, 0.4) is 0 Å². The second-order valence-corrected chi connectivity index (χ2v) is 16.3. The Morgan fingerprint density at radius 1 is 0.648 bits per heavy atom. The fourth-order valence-electron chi connectivity index (χ4n) is 7.65. The first-order valence-corrected chi connectivity index (χ1v) is 19.3. The predicted molar refractivity (Wildman–Crippen MR) is 219 cm³/mol. The predicted octanol–water partition coefficient (Wildman–Crippen LogP) is 12.2. The van der Waals surface area contributed by atoms with E-state index in [1.165, 1.54) is 27.8 Å². The number of hydrogen-bond donors (Lipinski definition) is 0. The number of para-hydroxylation sites is 1. The Morgan fingerprint density at radius 2 is 1.33 bits per heavy atom. The zero-order valence-corrected chi connectivity index (χ0v) is 35.2. The van der Waals surface area contributed by atoms with E-state index in [4.69, 9.17) is 14.8 Å². The van der Waals surface area contributed by atoms with Crippen molar-refractivity contribution in [2.75, 3.05) is 0 Å². The van der Waals surface area contributed by atoms with Gasteiger partial charge in [-0.25, -0.2) is 4.98 Å². The van der Waals surface area contributed by atoms with Crippen LogP contribution in [0.5, 0.6) is 11.5 Å². The minimum absolute atomic E-state index is 0. The quantitative estimate of drug-likeness (QED) is 0.108. The van der Waals surface area contributed by atoms with Gasteiger partial charge in [-0.3, -0.25) is 4.68 Å². The molecular weight excluding hydrogens is 844 g/mol. The molecule has 0 unspecified atom stereocenters. The van der Waals surface area contributed by atoms with E-state index in [2.05, 4.69) is 151 Å². The second-order valence-electron chi connectivity index (χ2n) is 16.3. The van der Waals surface area contributed by atoms with Crippen LogP contribution in [0.25, 0.3) is 44.4 Å². The fourth-order valence-corrected chi connectivity index (χ4v) is 7.65. The van der Waals surface area contributed by atoms with Gasteiger partial charge < -0.3 is 9.30 Å². The summed E-state index contributed by atoms with van der Waals surface area (Å²) in [5, 5.41) is 7.19. The van der Waals surface area contributed by atoms with Crippen LogP contribution in [0.15, 0.2) is 97.5 Å². The molecule has 0 amide bonds. The molecule has 0 saturated carbocycles. The Hall–Kier alpha value is -4.47. The molecule has 280 valence electrons. The molecule has 7 aromatic rings. The van der Waals surface area contributed by atoms with Crippen LogP contribution in [0.1, 0.15) is 77.6 Å². The molecule has 6 heteroatoms. The molecule has 0 aliphatic rings. The van der Waals surface area contributed by atoms with Gasteiger partial charge in [-0.05, 0) is 101 Å². The van der Waals surface area contributed by atoms with E-state index in [1.54, 1.807) is 0 Å². The minimum Gasteiger partial charge on any atom is -0.509 e. The third-order valence-corrected chi connectivity index (χ3v) is 9.60. The number of rotatable bonds is 13. The number of ether oxygens (including phenoxy) is 1. The van der Waals surface area contributed by atoms with Gasteiger partial charge in [0.05, 0.1) is 6.20 Å². The van der Waals surface area contributed by atoms with Crippen molar-refractivity contribution in [3.8, 4) is 34.1 Å². The number of pyridine rings is 1. The normalized spacial score (nSPS) is 11.8. The summed E-state index contributed by atoms with van der Waals surface area (Å²) in [6, 6.07) is 35.2. The Kier molecular flexibility index (Phi) is 12.3. The summed E-state index contributed by atoms with van der Waals surface area (Å²) in [6.07, 6.45) is 10.1. The summed E-state index contributed by atoms with van der Waals surface area (Å²) in [6.45, 7) is 18.1. The van der Waals surface area contributed by atoms with Crippen molar-refractivity contribution in [2.45, 2.75) is 81.1 Å². The number of aromatic nitrogens is 4. The maximum absolute atomic E-state index is 6.67. The van der Waals surface area contributed by atoms with Crippen molar-refractivity contribution in [2.24, 2.45) is 23.7 Å². The summed E-state index contributed by atoms with van der Waals surface area (Å²) in [7, 11) is 0. The van der Waals surface area contributed by atoms with Crippen LogP contribution >= 0.6 is 0 Å². The van der Waals surface area contributed by atoms with Crippen molar-refractivity contribution in [1.29, 1.82) is 0 Å². The number of benzene rings is 4. The van der Waals surface area contributed by atoms with Crippen molar-refractivity contribution in [3.05, 3.63) is 132 Å². The zero-order valence-electron chi connectivity index (χ0n) is 32.9. The molecule has 3 aromatic heterocycles. The SMILES string of the molecule is CC(C)Cc1cc(Oc2[c-]c3c(cc2)c2ccccc2n3-c2cc(CC(C)C)ccn2)[c-]c(-n2cc(-c3c(CC(C)C)cccc3CC(C)C)cn2)c1.[Pt+2]. The maximum Gasteiger partial charge on any atom is 2.00 e. The average Bonchev–Trinajstić information content (AvgIpc) is 3.70. The average molecular weight is 896 g/mol. The molecule has 0 saturated heterocycles. The standard InChI is InChI=1S/C48H52N4O.Pt/c1-31(2)20-35-18-19-49-47(26-35)52-45-15-10-9-14-43(45)44-17-16-41(28-46(44)52)53-42-25-36(21-32(3)4)24-40(27-42)51-30-39(29-50-51)48-37(22-33(5)6)12-11-13-38(48)23-34(7)8;/h9-19,24-26,29-34H,20-23H2,1-8H3;/q-2;+2. The molecule has 54 heavy (non-hydrogen) atoms. The first-order valence-electron chi connectivity index (χ1n) is 19.3. The third kappa shape index (κ3) is 8.74. The van der Waals surface area contributed by atoms with E-state index in [-0.39, 0.29) is 21.1 Å². The Balaban J connectivity index is 0.00000497. The van der Waals surface area contributed by atoms with E-state index in [0.29, 0.717) is 35.2 Å². The van der Waals surface area contributed by atoms with Crippen LogP contribution in [-0.4, -0.2) is 19.3 Å². The van der Waals surface area contributed by atoms with E-state index in [9.17, 15) is 0 Å². The Labute approximate surface area is 336 Å². The molecular formula is C48H52N4OPt. The summed E-state index contributed by atoms with van der Waals surface area (Å²) < 4.78 is 10.8. The first-order chi connectivity index (χ1) is 25.5. The second kappa shape index (κ2) is 16.9. The van der Waals surface area contributed by atoms with Crippen molar-refractivity contribution >= 4 is 21.8 Å². The number of fused-ring (bicyclic) bond motifs is 3. The molecule has 0 radical (unpaired) electrons. The van der Waals surface area contributed by atoms with Gasteiger partial charge in [0, 0.05) is 35.0 Å². The van der Waals surface area contributed by atoms with E-state index >= 15 is 0 Å². The molecule has 0 N–H and O–H groups in total. The molecule has 0 spiro atoms. The molecule has 3 heterocycles. The molecule has 0 aliphatic carbocycles. The summed E-state index contributed by atoms with van der Waals surface area (Å²) >= 11 is 0. The number of hydrogen-bond acceptors (Lipinski definition) is 3. The van der Waals surface area contributed by atoms with E-state index in [1.807, 2.05) is 23.1 Å². The molecule has 0 bridgehead atoms. The molecule has 0 fully saturated rings. The largest absolute Gasteiger partial charge is 2.00 e. The zero-order chi connectivity index (χ0) is 37.2. The van der Waals surface area contributed by atoms with Gasteiger partial charge in [0.15, 0.2) is 0 Å². The van der Waals surface area contributed by atoms with E-state index < -0.39 is 0 Å². The van der Waals surface area contributed by atoms with Gasteiger partial charge in [0.25, 0.3) is 0 Å². The Morgan fingerprint density at radius 3 is 2.04 bits per heavy atom. The third-order valence-electron chi connectivity index (χ3n) is 9.60.